The molecule has 1 aliphatic heterocycles. The number of carbonyl (C=O) groups is 1. The van der Waals surface area contributed by atoms with Crippen molar-refractivity contribution in [2.75, 3.05) is 6.54 Å². The summed E-state index contributed by atoms with van der Waals surface area (Å²) in [6, 6.07) is 18.3. The van der Waals surface area contributed by atoms with E-state index in [9.17, 15) is 9.90 Å². The van der Waals surface area contributed by atoms with E-state index in [0.29, 0.717) is 11.7 Å². The van der Waals surface area contributed by atoms with Gasteiger partial charge in [0.1, 0.15) is 5.75 Å². The number of nitrogens with zero attached hydrogens (tertiary/aromatic N) is 1. The van der Waals surface area contributed by atoms with Crippen LogP contribution in [0.5, 0.6) is 5.75 Å². The summed E-state index contributed by atoms with van der Waals surface area (Å²) in [5, 5.41) is 18.8. The van der Waals surface area contributed by atoms with Crippen molar-refractivity contribution in [1.29, 1.82) is 0 Å². The first-order valence-electron chi connectivity index (χ1n) is 10.6. The fourth-order valence-corrected chi connectivity index (χ4v) is 5.21. The molecule has 0 bridgehead atoms. The fraction of sp³-hybridized carbons (Fsp3) is 0.269. The number of carboxylic acid groups (broad SMARTS) is 1. The lowest BCUT2D eigenvalue weighted by atomic mass is 9.87. The van der Waals surface area contributed by atoms with Gasteiger partial charge in [0.15, 0.2) is 0 Å². The topological polar surface area (TPSA) is 60.8 Å². The molecule has 1 unspecified atom stereocenters. The predicted molar refractivity (Wildman–Crippen MR) is 126 cm³/mol. The highest BCUT2D eigenvalue weighted by molar-refractivity contribution is 7.12. The molecular formula is C26H27NO3S. The molecule has 0 spiro atoms. The fourth-order valence-electron chi connectivity index (χ4n) is 4.17. The average molecular weight is 434 g/mol. The van der Waals surface area contributed by atoms with Crippen LogP contribution in [0.2, 0.25) is 0 Å². The molecule has 0 radical (unpaired) electrons. The molecule has 1 aromatic heterocycles. The molecular weight excluding hydrogens is 406 g/mol. The minimum Gasteiger partial charge on any atom is -0.508 e. The number of benzene rings is 2. The first-order valence-corrected chi connectivity index (χ1v) is 11.4. The van der Waals surface area contributed by atoms with Crippen molar-refractivity contribution in [2.45, 2.75) is 38.8 Å². The molecule has 3 aromatic rings. The van der Waals surface area contributed by atoms with Gasteiger partial charge in [-0.05, 0) is 64.9 Å². The van der Waals surface area contributed by atoms with Crippen molar-refractivity contribution >= 4 is 23.4 Å². The summed E-state index contributed by atoms with van der Waals surface area (Å²) >= 11 is 1.88. The molecule has 0 aliphatic carbocycles. The molecule has 0 saturated carbocycles. The van der Waals surface area contributed by atoms with E-state index in [0.717, 1.165) is 31.1 Å². The Morgan fingerprint density at radius 3 is 2.61 bits per heavy atom. The summed E-state index contributed by atoms with van der Waals surface area (Å²) < 4.78 is 0. The number of thiophene rings is 1. The van der Waals surface area contributed by atoms with Crippen LogP contribution in [0.1, 0.15) is 57.8 Å². The van der Waals surface area contributed by atoms with Crippen LogP contribution in [0.15, 0.2) is 60.7 Å². The van der Waals surface area contributed by atoms with Crippen molar-refractivity contribution in [1.82, 2.24) is 4.90 Å². The van der Waals surface area contributed by atoms with Crippen LogP contribution >= 0.6 is 11.3 Å². The number of phenols is 1. The van der Waals surface area contributed by atoms with Crippen molar-refractivity contribution in [2.24, 2.45) is 0 Å². The normalized spacial score (nSPS) is 16.7. The van der Waals surface area contributed by atoms with E-state index in [4.69, 9.17) is 5.11 Å². The Morgan fingerprint density at radius 1 is 1.16 bits per heavy atom. The van der Waals surface area contributed by atoms with Crippen LogP contribution in [-0.2, 0) is 17.8 Å². The first kappa shape index (κ1) is 21.3. The number of hydrogen-bond acceptors (Lipinski definition) is 4. The van der Waals surface area contributed by atoms with Crippen LogP contribution in [0.3, 0.4) is 0 Å². The number of carboxylic acids is 1. The molecule has 2 heterocycles. The second-order valence-corrected chi connectivity index (χ2v) is 9.50. The Kier molecular flexibility index (Phi) is 6.25. The van der Waals surface area contributed by atoms with Crippen LogP contribution < -0.4 is 0 Å². The SMILES string of the molecule is CC(C)c1ccc(CN2CCc3cc(O)ccc3C2c2ccc(/C=C/C(=O)O)cc2)s1. The van der Waals surface area contributed by atoms with E-state index in [1.807, 2.05) is 35.6 Å². The lowest BCUT2D eigenvalue weighted by Crippen LogP contribution is -2.35. The maximum Gasteiger partial charge on any atom is 0.328 e. The quantitative estimate of drug-likeness (QED) is 0.481. The summed E-state index contributed by atoms with van der Waals surface area (Å²) in [6.07, 6.45) is 3.67. The Bertz CT molecular complexity index is 1100. The zero-order valence-electron chi connectivity index (χ0n) is 17.8. The summed E-state index contributed by atoms with van der Waals surface area (Å²) in [7, 11) is 0. The third kappa shape index (κ3) is 4.89. The standard InChI is InChI=1S/C26H27NO3S/c1-17(2)24-11-9-22(31-24)16-27-14-13-20-15-21(28)8-10-23(20)26(27)19-6-3-18(4-7-19)5-12-25(29)30/h3-12,15,17,26,28H,13-14,16H2,1-2H3,(H,29,30)/b12-5+. The van der Waals surface area contributed by atoms with Gasteiger partial charge in [0.25, 0.3) is 0 Å². The van der Waals surface area contributed by atoms with Gasteiger partial charge < -0.3 is 10.2 Å². The van der Waals surface area contributed by atoms with Gasteiger partial charge in [0.05, 0.1) is 6.04 Å². The maximum atomic E-state index is 10.8. The van der Waals surface area contributed by atoms with E-state index >= 15 is 0 Å². The minimum absolute atomic E-state index is 0.0893. The zero-order valence-corrected chi connectivity index (χ0v) is 18.6. The molecule has 5 heteroatoms. The zero-order chi connectivity index (χ0) is 22.0. The lowest BCUT2D eigenvalue weighted by Gasteiger charge is -2.37. The van der Waals surface area contributed by atoms with E-state index in [1.54, 1.807) is 12.1 Å². The van der Waals surface area contributed by atoms with Gasteiger partial charge >= 0.3 is 5.97 Å². The first-order chi connectivity index (χ1) is 14.9. The summed E-state index contributed by atoms with van der Waals surface area (Å²) in [5.74, 6) is -0.112. The Balaban J connectivity index is 1.67. The molecule has 0 saturated heterocycles. The molecule has 0 amide bonds. The molecule has 1 atom stereocenters. The molecule has 2 N–H and O–H groups in total. The van der Waals surface area contributed by atoms with E-state index in [-0.39, 0.29) is 6.04 Å². The number of rotatable bonds is 6. The number of aliphatic carboxylic acids is 1. The molecule has 31 heavy (non-hydrogen) atoms. The van der Waals surface area contributed by atoms with Gasteiger partial charge in [0.2, 0.25) is 0 Å². The highest BCUT2D eigenvalue weighted by atomic mass is 32.1. The van der Waals surface area contributed by atoms with Crippen LogP contribution in [0.25, 0.3) is 6.08 Å². The van der Waals surface area contributed by atoms with Crippen LogP contribution in [-0.4, -0.2) is 27.6 Å². The molecule has 2 aromatic carbocycles. The Hall–Kier alpha value is -2.89. The van der Waals surface area contributed by atoms with Crippen molar-refractivity contribution < 1.29 is 15.0 Å². The van der Waals surface area contributed by atoms with Gasteiger partial charge in [-0.3, -0.25) is 4.90 Å². The number of aromatic hydroxyl groups is 1. The Morgan fingerprint density at radius 2 is 1.94 bits per heavy atom. The van der Waals surface area contributed by atoms with Crippen molar-refractivity contribution in [3.8, 4) is 5.75 Å². The van der Waals surface area contributed by atoms with Gasteiger partial charge in [-0.2, -0.15) is 0 Å². The molecule has 1 aliphatic rings. The second-order valence-electron chi connectivity index (χ2n) is 8.30. The summed E-state index contributed by atoms with van der Waals surface area (Å²) in [6.45, 7) is 6.24. The van der Waals surface area contributed by atoms with Crippen LogP contribution in [0.4, 0.5) is 0 Å². The van der Waals surface area contributed by atoms with Crippen molar-refractivity contribution in [3.63, 3.8) is 0 Å². The third-order valence-corrected chi connectivity index (χ3v) is 7.11. The summed E-state index contributed by atoms with van der Waals surface area (Å²) in [4.78, 5) is 16.1. The molecule has 160 valence electrons. The third-order valence-electron chi connectivity index (χ3n) is 5.74. The van der Waals surface area contributed by atoms with Gasteiger partial charge in [-0.15, -0.1) is 11.3 Å². The maximum absolute atomic E-state index is 10.8. The van der Waals surface area contributed by atoms with Gasteiger partial charge in [-0.1, -0.05) is 44.2 Å². The summed E-state index contributed by atoms with van der Waals surface area (Å²) in [5.41, 5.74) is 4.43. The second kappa shape index (κ2) is 9.08. The van der Waals surface area contributed by atoms with E-state index in [1.165, 1.54) is 26.4 Å². The number of phenolic OH excluding ortho intramolecular Hbond substituents is 1. The average Bonchev–Trinajstić information content (AvgIpc) is 3.21. The number of fused-ring (bicyclic) bond motifs is 1. The van der Waals surface area contributed by atoms with E-state index in [2.05, 4.69) is 43.0 Å². The van der Waals surface area contributed by atoms with Gasteiger partial charge in [-0.25, -0.2) is 4.79 Å². The van der Waals surface area contributed by atoms with Crippen molar-refractivity contribution in [3.05, 3.63) is 92.7 Å². The molecule has 4 nitrogen and oxygen atoms in total. The highest BCUT2D eigenvalue weighted by Gasteiger charge is 2.29. The monoisotopic (exact) mass is 433 g/mol. The predicted octanol–water partition coefficient (Wildman–Crippen LogP) is 5.82. The largest absolute Gasteiger partial charge is 0.508 e. The molecule has 0 fully saturated rings. The van der Waals surface area contributed by atoms with E-state index < -0.39 is 5.97 Å². The number of hydrogen-bond donors (Lipinski definition) is 2. The smallest absolute Gasteiger partial charge is 0.328 e. The Labute approximate surface area is 187 Å². The minimum atomic E-state index is -0.951. The lowest BCUT2D eigenvalue weighted by molar-refractivity contribution is -0.131. The van der Waals surface area contributed by atoms with Gasteiger partial charge in [0, 0.05) is 28.9 Å². The highest BCUT2D eigenvalue weighted by Crippen LogP contribution is 2.38. The molecule has 4 rings (SSSR count). The van der Waals surface area contributed by atoms with Crippen LogP contribution in [0, 0.1) is 0 Å².